The molecule has 0 saturated carbocycles. The minimum atomic E-state index is -0.292. The number of nitrogens with two attached hydrogens (primary N) is 1. The van der Waals surface area contributed by atoms with Gasteiger partial charge in [-0.05, 0) is 31.5 Å². The van der Waals surface area contributed by atoms with Gasteiger partial charge in [0.1, 0.15) is 0 Å². The van der Waals surface area contributed by atoms with Crippen molar-refractivity contribution in [3.05, 3.63) is 46.2 Å². The summed E-state index contributed by atoms with van der Waals surface area (Å²) in [6, 6.07) is 6.78. The van der Waals surface area contributed by atoms with E-state index in [-0.39, 0.29) is 5.91 Å². The molecule has 1 amide bonds. The number of benzene rings is 1. The first-order valence-corrected chi connectivity index (χ1v) is 6.59. The molecule has 2 aromatic rings. The summed E-state index contributed by atoms with van der Waals surface area (Å²) in [6.07, 6.45) is 0.619. The average molecular weight is 291 g/mol. The van der Waals surface area contributed by atoms with E-state index in [1.807, 2.05) is 6.92 Å². The molecule has 6 heteroatoms. The van der Waals surface area contributed by atoms with Gasteiger partial charge in [-0.25, -0.2) is 0 Å². The molecular weight excluding hydrogens is 276 g/mol. The fraction of sp³-hybridized carbons (Fsp3) is 0.214. The number of carbonyl (C=O) groups excluding carboxylic acids is 1. The average Bonchev–Trinajstić information content (AvgIpc) is 2.43. The smallest absolute Gasteiger partial charge is 0.257 e. The molecule has 3 N–H and O–H groups in total. The molecule has 20 heavy (non-hydrogen) atoms. The molecule has 1 aromatic carbocycles. The highest BCUT2D eigenvalue weighted by Gasteiger charge is 2.15. The lowest BCUT2D eigenvalue weighted by Gasteiger charge is -2.11. The van der Waals surface area contributed by atoms with Gasteiger partial charge in [-0.15, -0.1) is 0 Å². The molecule has 0 aliphatic carbocycles. The van der Waals surface area contributed by atoms with E-state index in [0.717, 1.165) is 0 Å². The van der Waals surface area contributed by atoms with Gasteiger partial charge in [0, 0.05) is 0 Å². The molecule has 1 heterocycles. The molecule has 0 bridgehead atoms. The van der Waals surface area contributed by atoms with Gasteiger partial charge in [-0.1, -0.05) is 24.6 Å². The summed E-state index contributed by atoms with van der Waals surface area (Å²) in [5.74, 6) is -0.292. The Labute approximate surface area is 122 Å². The molecule has 0 atom stereocenters. The number of para-hydroxylation sites is 1. The second kappa shape index (κ2) is 5.88. The van der Waals surface area contributed by atoms with E-state index in [4.69, 9.17) is 17.3 Å². The first kappa shape index (κ1) is 14.3. The third-order valence-electron chi connectivity index (χ3n) is 2.86. The van der Waals surface area contributed by atoms with Crippen molar-refractivity contribution < 1.29 is 4.79 Å². The quantitative estimate of drug-likeness (QED) is 0.852. The number of aryl methyl sites for hydroxylation is 2. The minimum Gasteiger partial charge on any atom is -0.397 e. The summed E-state index contributed by atoms with van der Waals surface area (Å²) in [7, 11) is 0. The molecule has 1 aromatic heterocycles. The number of carbonyl (C=O) groups is 1. The second-order valence-electron chi connectivity index (χ2n) is 4.36. The predicted molar refractivity (Wildman–Crippen MR) is 80.0 cm³/mol. The van der Waals surface area contributed by atoms with Crippen LogP contribution in [0.5, 0.6) is 0 Å². The van der Waals surface area contributed by atoms with Crippen LogP contribution in [0.3, 0.4) is 0 Å². The number of amides is 1. The Balaban J connectivity index is 2.35. The molecular formula is C14H15ClN4O. The van der Waals surface area contributed by atoms with Gasteiger partial charge in [0.25, 0.3) is 5.91 Å². The molecule has 104 valence electrons. The van der Waals surface area contributed by atoms with Gasteiger partial charge in [-0.3, -0.25) is 4.79 Å². The maximum absolute atomic E-state index is 12.4. The number of nitrogen functional groups attached to an aromatic ring is 1. The van der Waals surface area contributed by atoms with E-state index in [2.05, 4.69) is 15.5 Å². The van der Waals surface area contributed by atoms with Crippen LogP contribution in [0.25, 0.3) is 0 Å². The molecule has 5 nitrogen and oxygen atoms in total. The first-order chi connectivity index (χ1) is 9.52. The molecule has 0 radical (unpaired) electrons. The Hall–Kier alpha value is -2.14. The Bertz CT molecular complexity index is 637. The van der Waals surface area contributed by atoms with Crippen molar-refractivity contribution in [1.82, 2.24) is 10.2 Å². The van der Waals surface area contributed by atoms with E-state index in [1.165, 1.54) is 0 Å². The van der Waals surface area contributed by atoms with Crippen molar-refractivity contribution in [2.24, 2.45) is 0 Å². The molecule has 0 fully saturated rings. The van der Waals surface area contributed by atoms with Crippen molar-refractivity contribution >= 4 is 28.9 Å². The lowest BCUT2D eigenvalue weighted by molar-refractivity contribution is 0.102. The second-order valence-corrected chi connectivity index (χ2v) is 4.77. The maximum atomic E-state index is 12.4. The van der Waals surface area contributed by atoms with Crippen LogP contribution in [0.4, 0.5) is 11.4 Å². The summed E-state index contributed by atoms with van der Waals surface area (Å²) in [5.41, 5.74) is 8.46. The predicted octanol–water partition coefficient (Wildman–Crippen LogP) is 2.84. The van der Waals surface area contributed by atoms with Crippen molar-refractivity contribution in [2.75, 3.05) is 11.1 Å². The van der Waals surface area contributed by atoms with Crippen LogP contribution >= 0.6 is 11.6 Å². The zero-order chi connectivity index (χ0) is 14.7. The number of halogens is 1. The Morgan fingerprint density at radius 1 is 1.40 bits per heavy atom. The molecule has 0 spiro atoms. The lowest BCUT2D eigenvalue weighted by Crippen LogP contribution is -2.17. The number of anilines is 2. The number of hydrogen-bond acceptors (Lipinski definition) is 4. The van der Waals surface area contributed by atoms with Crippen LogP contribution in [0.1, 0.15) is 28.7 Å². The standard InChI is InChI=1S/C14H15ClN4O/c1-3-12-9(7-8(2)18-19-12)14(20)17-13-10(15)5-4-6-11(13)16/h4-7H,3,16H2,1-2H3,(H,17,20). The van der Waals surface area contributed by atoms with Gasteiger partial charge in [0.2, 0.25) is 0 Å². The monoisotopic (exact) mass is 290 g/mol. The number of hydrogen-bond donors (Lipinski definition) is 2. The van der Waals surface area contributed by atoms with Crippen molar-refractivity contribution in [1.29, 1.82) is 0 Å². The fourth-order valence-electron chi connectivity index (χ4n) is 1.83. The van der Waals surface area contributed by atoms with E-state index >= 15 is 0 Å². The van der Waals surface area contributed by atoms with Crippen LogP contribution in [-0.4, -0.2) is 16.1 Å². The Kier molecular flexibility index (Phi) is 4.20. The van der Waals surface area contributed by atoms with Crippen molar-refractivity contribution in [3.8, 4) is 0 Å². The normalized spacial score (nSPS) is 10.3. The molecule has 0 aliphatic rings. The van der Waals surface area contributed by atoms with E-state index in [9.17, 15) is 4.79 Å². The Morgan fingerprint density at radius 2 is 2.15 bits per heavy atom. The Morgan fingerprint density at radius 3 is 2.80 bits per heavy atom. The number of nitrogens with one attached hydrogen (secondary N) is 1. The topological polar surface area (TPSA) is 80.9 Å². The summed E-state index contributed by atoms with van der Waals surface area (Å²) >= 11 is 6.04. The van der Waals surface area contributed by atoms with Crippen LogP contribution in [0.15, 0.2) is 24.3 Å². The van der Waals surface area contributed by atoms with Crippen LogP contribution in [0, 0.1) is 6.92 Å². The molecule has 0 aliphatic heterocycles. The van der Waals surface area contributed by atoms with Gasteiger partial charge < -0.3 is 11.1 Å². The third kappa shape index (κ3) is 2.88. The zero-order valence-corrected chi connectivity index (χ0v) is 12.0. The van der Waals surface area contributed by atoms with E-state index < -0.39 is 0 Å². The SMILES string of the molecule is CCc1nnc(C)cc1C(=O)Nc1c(N)cccc1Cl. The summed E-state index contributed by atoms with van der Waals surface area (Å²) in [4.78, 5) is 12.4. The molecule has 2 rings (SSSR count). The zero-order valence-electron chi connectivity index (χ0n) is 11.3. The van der Waals surface area contributed by atoms with Crippen LogP contribution in [-0.2, 0) is 6.42 Å². The number of aromatic nitrogens is 2. The summed E-state index contributed by atoms with van der Waals surface area (Å²) in [6.45, 7) is 3.70. The van der Waals surface area contributed by atoms with Crippen LogP contribution < -0.4 is 11.1 Å². The maximum Gasteiger partial charge on any atom is 0.257 e. The number of rotatable bonds is 3. The largest absolute Gasteiger partial charge is 0.397 e. The first-order valence-electron chi connectivity index (χ1n) is 6.21. The lowest BCUT2D eigenvalue weighted by atomic mass is 10.1. The van der Waals surface area contributed by atoms with Gasteiger partial charge >= 0.3 is 0 Å². The summed E-state index contributed by atoms with van der Waals surface area (Å²) in [5, 5.41) is 11.1. The van der Waals surface area contributed by atoms with Gasteiger partial charge in [-0.2, -0.15) is 10.2 Å². The number of nitrogens with zero attached hydrogens (tertiary/aromatic N) is 2. The third-order valence-corrected chi connectivity index (χ3v) is 3.17. The van der Waals surface area contributed by atoms with E-state index in [0.29, 0.717) is 39.8 Å². The highest BCUT2D eigenvalue weighted by atomic mass is 35.5. The van der Waals surface area contributed by atoms with Crippen molar-refractivity contribution in [3.63, 3.8) is 0 Å². The highest BCUT2D eigenvalue weighted by molar-refractivity contribution is 6.34. The molecule has 0 saturated heterocycles. The highest BCUT2D eigenvalue weighted by Crippen LogP contribution is 2.28. The summed E-state index contributed by atoms with van der Waals surface area (Å²) < 4.78 is 0. The fourth-order valence-corrected chi connectivity index (χ4v) is 2.05. The van der Waals surface area contributed by atoms with Gasteiger partial charge in [0.15, 0.2) is 0 Å². The van der Waals surface area contributed by atoms with Crippen LogP contribution in [0.2, 0.25) is 5.02 Å². The van der Waals surface area contributed by atoms with Crippen molar-refractivity contribution in [2.45, 2.75) is 20.3 Å². The van der Waals surface area contributed by atoms with E-state index in [1.54, 1.807) is 31.2 Å². The molecule has 0 unspecified atom stereocenters. The minimum absolute atomic E-state index is 0.292. The van der Waals surface area contributed by atoms with Gasteiger partial charge in [0.05, 0.1) is 33.3 Å².